The van der Waals surface area contributed by atoms with E-state index in [-0.39, 0.29) is 18.4 Å². The zero-order valence-electron chi connectivity index (χ0n) is 11.8. The zero-order valence-corrected chi connectivity index (χ0v) is 12.6. The Hall–Kier alpha value is -2.21. The lowest BCUT2D eigenvalue weighted by atomic mass is 10.1. The summed E-state index contributed by atoms with van der Waals surface area (Å²) in [5.41, 5.74) is 11.3. The van der Waals surface area contributed by atoms with Gasteiger partial charge in [-0.3, -0.25) is 5.41 Å². The molecule has 7 heteroatoms. The Labute approximate surface area is 125 Å². The third-order valence-electron chi connectivity index (χ3n) is 2.13. The number of hydrogen-bond donors (Lipinski definition) is 4. The van der Waals surface area contributed by atoms with Gasteiger partial charge in [0.05, 0.1) is 0 Å². The monoisotopic (exact) mass is 300 g/mol. The highest BCUT2D eigenvalue weighted by Gasteiger charge is 2.00. The van der Waals surface area contributed by atoms with Crippen LogP contribution in [0.1, 0.15) is 12.5 Å². The molecule has 0 aromatic heterocycles. The van der Waals surface area contributed by atoms with Gasteiger partial charge in [0.25, 0.3) is 0 Å². The van der Waals surface area contributed by atoms with Crippen LogP contribution in [-0.4, -0.2) is 31.1 Å². The predicted molar refractivity (Wildman–Crippen MR) is 85.4 cm³/mol. The highest BCUT2D eigenvalue weighted by atomic mass is 35.5. The lowest BCUT2D eigenvalue weighted by Crippen LogP contribution is -2.20. The molecule has 0 bridgehead atoms. The van der Waals surface area contributed by atoms with Gasteiger partial charge in [-0.05, 0) is 30.7 Å². The average Bonchev–Trinajstić information content (AvgIpc) is 2.28. The van der Waals surface area contributed by atoms with Gasteiger partial charge in [-0.1, -0.05) is 12.1 Å². The van der Waals surface area contributed by atoms with Crippen LogP contribution in [0.15, 0.2) is 29.8 Å². The van der Waals surface area contributed by atoms with E-state index in [1.165, 1.54) is 0 Å². The van der Waals surface area contributed by atoms with Crippen molar-refractivity contribution in [3.05, 3.63) is 35.4 Å². The van der Waals surface area contributed by atoms with Gasteiger partial charge in [-0.25, -0.2) is 4.79 Å². The first-order valence-electron chi connectivity index (χ1n) is 5.52. The van der Waals surface area contributed by atoms with Gasteiger partial charge in [0.15, 0.2) is 5.96 Å². The van der Waals surface area contributed by atoms with E-state index >= 15 is 0 Å². The zero-order chi connectivity index (χ0) is 15.0. The van der Waals surface area contributed by atoms with E-state index in [2.05, 4.69) is 11.5 Å². The molecule has 1 aromatic rings. The Bertz CT molecular complexity index is 466. The maximum atomic E-state index is 10.6. The Kier molecular flexibility index (Phi) is 9.74. The number of rotatable bonds is 3. The number of halogens is 1. The Morgan fingerprint density at radius 2 is 1.65 bits per heavy atom. The second-order valence-corrected chi connectivity index (χ2v) is 4.07. The van der Waals surface area contributed by atoms with Gasteiger partial charge >= 0.3 is 5.97 Å². The first-order valence-corrected chi connectivity index (χ1v) is 5.52. The van der Waals surface area contributed by atoms with Gasteiger partial charge < -0.3 is 21.5 Å². The second kappa shape index (κ2) is 9.69. The molecule has 0 heterocycles. The molecule has 0 aliphatic heterocycles. The maximum Gasteiger partial charge on any atom is 0.331 e. The van der Waals surface area contributed by atoms with Crippen molar-refractivity contribution in [2.24, 2.45) is 11.5 Å². The second-order valence-electron chi connectivity index (χ2n) is 4.07. The van der Waals surface area contributed by atoms with Crippen molar-refractivity contribution in [1.29, 1.82) is 5.41 Å². The highest BCUT2D eigenvalue weighted by molar-refractivity contribution is 5.91. The molecule has 0 radical (unpaired) electrons. The summed E-state index contributed by atoms with van der Waals surface area (Å²) in [5.74, 6) is -1.22. The van der Waals surface area contributed by atoms with Gasteiger partial charge in [0.2, 0.25) is 0 Å². The van der Waals surface area contributed by atoms with E-state index in [0.717, 1.165) is 11.3 Å². The summed E-state index contributed by atoms with van der Waals surface area (Å²) in [6, 6.07) is 7.73. The van der Waals surface area contributed by atoms with E-state index in [4.69, 9.17) is 10.5 Å². The number of carboxylic acid groups (broad SMARTS) is 1. The molecule has 6 N–H and O–H groups in total. The Morgan fingerprint density at radius 3 is 1.95 bits per heavy atom. The molecule has 0 saturated carbocycles. The number of nitrogens with one attached hydrogen (secondary N) is 1. The van der Waals surface area contributed by atoms with Crippen LogP contribution in [0.5, 0.6) is 0 Å². The molecule has 0 aliphatic carbocycles. The van der Waals surface area contributed by atoms with E-state index in [1.54, 1.807) is 13.0 Å². The number of carbonyl (C=O) groups is 1. The lowest BCUT2D eigenvalue weighted by molar-refractivity contribution is -0.132. The number of nitrogens with two attached hydrogens (primary N) is 2. The minimum atomic E-state index is -0.883. The summed E-state index contributed by atoms with van der Waals surface area (Å²) in [6.45, 7) is 1.59. The van der Waals surface area contributed by atoms with Crippen LogP contribution in [-0.2, 0) is 4.79 Å². The molecular formula is C13H21ClN4O2. The number of aliphatic carboxylic acids is 1. The molecule has 0 amide bonds. The van der Waals surface area contributed by atoms with Crippen molar-refractivity contribution >= 4 is 36.1 Å². The highest BCUT2D eigenvalue weighted by Crippen LogP contribution is 2.14. The van der Waals surface area contributed by atoms with Crippen molar-refractivity contribution in [3.63, 3.8) is 0 Å². The molecule has 0 atom stereocenters. The summed E-state index contributed by atoms with van der Waals surface area (Å²) in [5, 5.41) is 14.8. The van der Waals surface area contributed by atoms with Crippen LogP contribution in [0.3, 0.4) is 0 Å². The molecule has 0 fully saturated rings. The number of hydrogen-bond acceptors (Lipinski definition) is 3. The lowest BCUT2D eigenvalue weighted by Gasteiger charge is -2.11. The van der Waals surface area contributed by atoms with Gasteiger partial charge in [-0.15, -0.1) is 12.4 Å². The number of guanidine groups is 1. The molecular weight excluding hydrogens is 280 g/mol. The smallest absolute Gasteiger partial charge is 0.331 e. The summed E-state index contributed by atoms with van der Waals surface area (Å²) in [6.07, 6.45) is 1.65. The minimum absolute atomic E-state index is 0. The standard InChI is InChI=1S/C12H15NO2.CH5N3.ClH/c1-9(12(14)15)8-10-4-6-11(7-5-10)13(2)3;2-1(3)4;/h4-8H,1-3H3,(H,14,15);(H5,2,3,4);1H. The number of anilines is 1. The summed E-state index contributed by atoms with van der Waals surface area (Å²) in [7, 11) is 3.93. The quantitative estimate of drug-likeness (QED) is 0.383. The molecule has 0 spiro atoms. The van der Waals surface area contributed by atoms with Crippen molar-refractivity contribution in [2.75, 3.05) is 19.0 Å². The van der Waals surface area contributed by atoms with Crippen molar-refractivity contribution < 1.29 is 9.90 Å². The van der Waals surface area contributed by atoms with Crippen molar-refractivity contribution in [1.82, 2.24) is 0 Å². The molecule has 0 unspecified atom stereocenters. The fourth-order valence-electron chi connectivity index (χ4n) is 1.18. The topological polar surface area (TPSA) is 116 Å². The molecule has 20 heavy (non-hydrogen) atoms. The van der Waals surface area contributed by atoms with Crippen LogP contribution in [0.2, 0.25) is 0 Å². The van der Waals surface area contributed by atoms with Crippen molar-refractivity contribution in [3.8, 4) is 0 Å². The third-order valence-corrected chi connectivity index (χ3v) is 2.13. The molecule has 0 saturated heterocycles. The maximum absolute atomic E-state index is 10.6. The van der Waals surface area contributed by atoms with Crippen LogP contribution < -0.4 is 16.4 Å². The largest absolute Gasteiger partial charge is 0.478 e. The summed E-state index contributed by atoms with van der Waals surface area (Å²) < 4.78 is 0. The number of benzene rings is 1. The molecule has 112 valence electrons. The van der Waals surface area contributed by atoms with Crippen molar-refractivity contribution in [2.45, 2.75) is 6.92 Å². The van der Waals surface area contributed by atoms with E-state index < -0.39 is 5.97 Å². The van der Waals surface area contributed by atoms with Crippen LogP contribution in [0, 0.1) is 5.41 Å². The van der Waals surface area contributed by atoms with E-state index in [1.807, 2.05) is 43.3 Å². The Morgan fingerprint density at radius 1 is 1.25 bits per heavy atom. The molecule has 6 nitrogen and oxygen atoms in total. The summed E-state index contributed by atoms with van der Waals surface area (Å²) >= 11 is 0. The predicted octanol–water partition coefficient (Wildman–Crippen LogP) is 1.50. The molecule has 1 aromatic carbocycles. The normalized spacial score (nSPS) is 9.65. The molecule has 0 aliphatic rings. The first-order chi connectivity index (χ1) is 8.73. The SMILES string of the molecule is CC(=Cc1ccc(N(C)C)cc1)C(=O)O.Cl.N=C(N)N. The van der Waals surface area contributed by atoms with Crippen LogP contribution >= 0.6 is 12.4 Å². The first kappa shape index (κ1) is 20.1. The average molecular weight is 301 g/mol. The minimum Gasteiger partial charge on any atom is -0.478 e. The fraction of sp³-hybridized carbons (Fsp3) is 0.231. The van der Waals surface area contributed by atoms with Crippen LogP contribution in [0.4, 0.5) is 5.69 Å². The summed E-state index contributed by atoms with van der Waals surface area (Å²) in [4.78, 5) is 12.6. The number of nitrogens with zero attached hydrogens (tertiary/aromatic N) is 1. The number of carboxylic acids is 1. The van der Waals surface area contributed by atoms with E-state index in [9.17, 15) is 4.79 Å². The Balaban J connectivity index is 0. The van der Waals surface area contributed by atoms with Gasteiger partial charge in [0, 0.05) is 25.4 Å². The van der Waals surface area contributed by atoms with Gasteiger partial charge in [0.1, 0.15) is 0 Å². The van der Waals surface area contributed by atoms with Gasteiger partial charge in [-0.2, -0.15) is 0 Å². The molecule has 1 rings (SSSR count). The fourth-order valence-corrected chi connectivity index (χ4v) is 1.18. The van der Waals surface area contributed by atoms with Crippen LogP contribution in [0.25, 0.3) is 6.08 Å². The third kappa shape index (κ3) is 8.82. The van der Waals surface area contributed by atoms with E-state index in [0.29, 0.717) is 5.57 Å².